The van der Waals surface area contributed by atoms with E-state index in [-0.39, 0.29) is 16.5 Å². The van der Waals surface area contributed by atoms with Crippen molar-refractivity contribution in [2.45, 2.75) is 26.7 Å². The molecule has 7 heteroatoms. The number of aromatic amines is 1. The molecule has 0 spiro atoms. The van der Waals surface area contributed by atoms with Crippen molar-refractivity contribution in [2.75, 3.05) is 18.0 Å². The van der Waals surface area contributed by atoms with Crippen molar-refractivity contribution in [3.05, 3.63) is 64.6 Å². The second-order valence-corrected chi connectivity index (χ2v) is 7.53. The third-order valence-electron chi connectivity index (χ3n) is 5.26. The predicted octanol–water partition coefficient (Wildman–Crippen LogP) is 3.86. The molecule has 1 aromatic carbocycles. The van der Waals surface area contributed by atoms with Gasteiger partial charge in [-0.1, -0.05) is 32.0 Å². The van der Waals surface area contributed by atoms with Crippen LogP contribution in [0.5, 0.6) is 0 Å². The maximum atomic E-state index is 13.0. The number of amides is 1. The van der Waals surface area contributed by atoms with Crippen molar-refractivity contribution in [3.63, 3.8) is 0 Å². The zero-order valence-electron chi connectivity index (χ0n) is 17.7. The molecule has 4 aromatic rings. The highest BCUT2D eigenvalue weighted by Crippen LogP contribution is 2.32. The summed E-state index contributed by atoms with van der Waals surface area (Å²) < 4.78 is 0. The van der Waals surface area contributed by atoms with Gasteiger partial charge >= 0.3 is 0 Å². The molecule has 0 saturated carbocycles. The van der Waals surface area contributed by atoms with Crippen LogP contribution in [0.4, 0.5) is 5.82 Å². The predicted molar refractivity (Wildman–Crippen MR) is 124 cm³/mol. The molecular weight excluding hydrogens is 390 g/mol. The molecule has 0 fully saturated rings. The van der Waals surface area contributed by atoms with Crippen LogP contribution >= 0.6 is 0 Å². The lowest BCUT2D eigenvalue weighted by Crippen LogP contribution is -2.26. The fourth-order valence-corrected chi connectivity index (χ4v) is 3.94. The van der Waals surface area contributed by atoms with Gasteiger partial charge in [-0.3, -0.25) is 14.6 Å². The van der Waals surface area contributed by atoms with Crippen LogP contribution in [0.3, 0.4) is 0 Å². The number of aromatic nitrogens is 3. The SMILES string of the molecule is CCCN(CCC)c1nc2ccccc2cc1-c1cc(=O)c2c(C(N)=O)nccc2[nH]1. The first-order valence-electron chi connectivity index (χ1n) is 10.5. The Morgan fingerprint density at radius 2 is 1.84 bits per heavy atom. The number of hydrogen-bond donors (Lipinski definition) is 2. The van der Waals surface area contributed by atoms with Gasteiger partial charge in [-0.25, -0.2) is 4.98 Å². The van der Waals surface area contributed by atoms with Crippen molar-refractivity contribution in [2.24, 2.45) is 5.73 Å². The van der Waals surface area contributed by atoms with E-state index < -0.39 is 5.91 Å². The van der Waals surface area contributed by atoms with Crippen LogP contribution in [-0.4, -0.2) is 33.9 Å². The smallest absolute Gasteiger partial charge is 0.268 e. The molecule has 3 heterocycles. The number of carbonyl (C=O) groups excluding carboxylic acids is 1. The van der Waals surface area contributed by atoms with Gasteiger partial charge in [-0.05, 0) is 31.0 Å². The summed E-state index contributed by atoms with van der Waals surface area (Å²) in [4.78, 5) is 39.3. The first-order valence-corrected chi connectivity index (χ1v) is 10.5. The summed E-state index contributed by atoms with van der Waals surface area (Å²) >= 11 is 0. The Hall–Kier alpha value is -3.74. The summed E-state index contributed by atoms with van der Waals surface area (Å²) in [7, 11) is 0. The minimum Gasteiger partial charge on any atom is -0.364 e. The molecule has 4 rings (SSSR count). The number of pyridine rings is 3. The maximum absolute atomic E-state index is 13.0. The molecule has 0 radical (unpaired) electrons. The zero-order chi connectivity index (χ0) is 22.0. The standard InChI is InChI=1S/C24H25N5O2/c1-3-11-29(12-4-2)24-16(13-15-7-5-6-8-17(15)28-24)19-14-20(30)21-18(27-19)9-10-26-22(21)23(25)31/h5-10,13-14H,3-4,11-12H2,1-2H3,(H2,25,31)(H,27,30). The minimum atomic E-state index is -0.728. The fraction of sp³-hybridized carbons (Fsp3) is 0.250. The summed E-state index contributed by atoms with van der Waals surface area (Å²) in [6.07, 6.45) is 3.44. The van der Waals surface area contributed by atoms with E-state index in [1.807, 2.05) is 24.3 Å². The molecule has 3 N–H and O–H groups in total. The van der Waals surface area contributed by atoms with Crippen molar-refractivity contribution in [3.8, 4) is 11.3 Å². The van der Waals surface area contributed by atoms with E-state index in [9.17, 15) is 9.59 Å². The molecule has 3 aromatic heterocycles. The molecule has 0 saturated heterocycles. The molecule has 1 amide bonds. The molecule has 0 aliphatic carbocycles. The van der Waals surface area contributed by atoms with Gasteiger partial charge in [0.25, 0.3) is 5.91 Å². The number of H-pyrrole nitrogens is 1. The number of nitrogens with two attached hydrogens (primary N) is 1. The normalized spacial score (nSPS) is 11.2. The van der Waals surface area contributed by atoms with Crippen molar-refractivity contribution >= 4 is 33.5 Å². The number of hydrogen-bond acceptors (Lipinski definition) is 5. The molecule has 0 unspecified atom stereocenters. The topological polar surface area (TPSA) is 105 Å². The van der Waals surface area contributed by atoms with Crippen molar-refractivity contribution < 1.29 is 4.79 Å². The van der Waals surface area contributed by atoms with Crippen LogP contribution in [-0.2, 0) is 0 Å². The summed E-state index contributed by atoms with van der Waals surface area (Å²) in [6, 6.07) is 13.2. The molecule has 0 aliphatic rings. The Labute approximate surface area is 179 Å². The van der Waals surface area contributed by atoms with E-state index in [1.165, 1.54) is 12.3 Å². The number of anilines is 1. The van der Waals surface area contributed by atoms with Gasteiger partial charge in [0.2, 0.25) is 0 Å². The van der Waals surface area contributed by atoms with Crippen molar-refractivity contribution in [1.82, 2.24) is 15.0 Å². The lowest BCUT2D eigenvalue weighted by molar-refractivity contribution is 0.0997. The van der Waals surface area contributed by atoms with E-state index in [2.05, 4.69) is 34.8 Å². The molecule has 31 heavy (non-hydrogen) atoms. The maximum Gasteiger partial charge on any atom is 0.268 e. The highest BCUT2D eigenvalue weighted by molar-refractivity contribution is 6.04. The summed E-state index contributed by atoms with van der Waals surface area (Å²) in [6.45, 7) is 6.00. The molecule has 0 aliphatic heterocycles. The quantitative estimate of drug-likeness (QED) is 0.477. The number of carbonyl (C=O) groups is 1. The average Bonchev–Trinajstić information content (AvgIpc) is 2.77. The number of benzene rings is 1. The molecule has 7 nitrogen and oxygen atoms in total. The van der Waals surface area contributed by atoms with Crippen LogP contribution in [0.15, 0.2) is 53.5 Å². The largest absolute Gasteiger partial charge is 0.364 e. The summed E-state index contributed by atoms with van der Waals surface area (Å²) in [5.41, 5.74) is 8.00. The Morgan fingerprint density at radius 1 is 1.10 bits per heavy atom. The summed E-state index contributed by atoms with van der Waals surface area (Å²) in [5, 5.41) is 1.19. The average molecular weight is 415 g/mol. The zero-order valence-corrected chi connectivity index (χ0v) is 17.7. The number of fused-ring (bicyclic) bond motifs is 2. The molecule has 158 valence electrons. The van der Waals surface area contributed by atoms with Gasteiger partial charge in [0.1, 0.15) is 11.5 Å². The van der Waals surface area contributed by atoms with Crippen molar-refractivity contribution in [1.29, 1.82) is 0 Å². The Balaban J connectivity index is 2.00. The van der Waals surface area contributed by atoms with Crippen LogP contribution in [0.25, 0.3) is 33.1 Å². The van der Waals surface area contributed by atoms with E-state index in [1.54, 1.807) is 6.07 Å². The van der Waals surface area contributed by atoms with Crippen LogP contribution in [0.1, 0.15) is 37.2 Å². The van der Waals surface area contributed by atoms with E-state index in [0.717, 1.165) is 48.2 Å². The number of para-hydroxylation sites is 1. The van der Waals surface area contributed by atoms with Gasteiger partial charge in [-0.15, -0.1) is 0 Å². The number of nitrogens with one attached hydrogen (secondary N) is 1. The van der Waals surface area contributed by atoms with Gasteiger partial charge in [0.05, 0.1) is 22.1 Å². The Morgan fingerprint density at radius 3 is 2.55 bits per heavy atom. The van der Waals surface area contributed by atoms with Crippen LogP contribution in [0, 0.1) is 0 Å². The number of primary amides is 1. The Bertz CT molecular complexity index is 1320. The molecular formula is C24H25N5O2. The third kappa shape index (κ3) is 3.86. The second-order valence-electron chi connectivity index (χ2n) is 7.53. The highest BCUT2D eigenvalue weighted by Gasteiger charge is 2.18. The second kappa shape index (κ2) is 8.55. The van der Waals surface area contributed by atoms with E-state index >= 15 is 0 Å². The van der Waals surface area contributed by atoms with Gasteiger partial charge < -0.3 is 15.6 Å². The number of rotatable bonds is 7. The van der Waals surface area contributed by atoms with Crippen LogP contribution < -0.4 is 16.1 Å². The van der Waals surface area contributed by atoms with Gasteiger partial charge in [-0.2, -0.15) is 0 Å². The summed E-state index contributed by atoms with van der Waals surface area (Å²) in [5.74, 6) is 0.107. The first-order chi connectivity index (χ1) is 15.0. The highest BCUT2D eigenvalue weighted by atomic mass is 16.1. The van der Waals surface area contributed by atoms with Gasteiger partial charge in [0, 0.05) is 36.3 Å². The Kier molecular flexibility index (Phi) is 5.66. The van der Waals surface area contributed by atoms with E-state index in [0.29, 0.717) is 11.2 Å². The number of nitrogens with zero attached hydrogens (tertiary/aromatic N) is 3. The lowest BCUT2D eigenvalue weighted by Gasteiger charge is -2.25. The van der Waals surface area contributed by atoms with Gasteiger partial charge in [0.15, 0.2) is 5.43 Å². The molecule has 0 bridgehead atoms. The first kappa shape index (κ1) is 20.5. The monoisotopic (exact) mass is 415 g/mol. The lowest BCUT2D eigenvalue weighted by atomic mass is 10.1. The third-order valence-corrected chi connectivity index (χ3v) is 5.26. The van der Waals surface area contributed by atoms with Crippen LogP contribution in [0.2, 0.25) is 0 Å². The minimum absolute atomic E-state index is 0.0271. The van der Waals surface area contributed by atoms with E-state index in [4.69, 9.17) is 10.7 Å². The fourth-order valence-electron chi connectivity index (χ4n) is 3.94. The molecule has 0 atom stereocenters.